The second kappa shape index (κ2) is 14.3. The van der Waals surface area contributed by atoms with Crippen molar-refractivity contribution in [1.82, 2.24) is 10.0 Å². The summed E-state index contributed by atoms with van der Waals surface area (Å²) < 4.78 is 54.4. The fraction of sp³-hybridized carbons (Fsp3) is 0.321. The molecule has 0 bridgehead atoms. The lowest BCUT2D eigenvalue weighted by molar-refractivity contribution is -0.123. The van der Waals surface area contributed by atoms with Crippen molar-refractivity contribution in [2.75, 3.05) is 48.1 Å². The van der Waals surface area contributed by atoms with Crippen LogP contribution >= 0.6 is 0 Å². The third-order valence-electron chi connectivity index (χ3n) is 5.84. The maximum Gasteiger partial charge on any atom is 0.257 e. The highest BCUT2D eigenvalue weighted by molar-refractivity contribution is 7.89. The van der Waals surface area contributed by atoms with Crippen molar-refractivity contribution in [3.8, 4) is 28.7 Å². The molecule has 0 aromatic heterocycles. The lowest BCUT2D eigenvalue weighted by Gasteiger charge is -2.11. The first kappa shape index (κ1) is 29.6. The highest BCUT2D eigenvalue weighted by atomic mass is 32.2. The minimum Gasteiger partial charge on any atom is -0.493 e. The topological polar surface area (TPSA) is 121 Å². The van der Waals surface area contributed by atoms with Crippen LogP contribution in [-0.4, -0.2) is 62.5 Å². The summed E-state index contributed by atoms with van der Waals surface area (Å²) in [5.41, 5.74) is 1.89. The van der Waals surface area contributed by atoms with Crippen molar-refractivity contribution in [1.29, 1.82) is 0 Å². The molecule has 3 rings (SSSR count). The number of sulfonamides is 1. The second-order valence-corrected chi connectivity index (χ2v) is 10.2. The van der Waals surface area contributed by atoms with Crippen molar-refractivity contribution >= 4 is 15.9 Å². The third kappa shape index (κ3) is 8.52. The van der Waals surface area contributed by atoms with Gasteiger partial charge in [-0.3, -0.25) is 4.79 Å². The highest BCUT2D eigenvalue weighted by Gasteiger charge is 2.14. The Kier molecular flexibility index (Phi) is 10.8. The Balaban J connectivity index is 1.43. The number of carbonyl (C=O) groups excluding carboxylic acids is 1. The summed E-state index contributed by atoms with van der Waals surface area (Å²) in [6, 6.07) is 16.9. The van der Waals surface area contributed by atoms with Gasteiger partial charge in [0, 0.05) is 13.1 Å². The lowest BCUT2D eigenvalue weighted by Crippen LogP contribution is -2.30. The van der Waals surface area contributed by atoms with Crippen molar-refractivity contribution in [2.45, 2.75) is 17.7 Å². The van der Waals surface area contributed by atoms with Gasteiger partial charge in [0.25, 0.3) is 5.91 Å². The predicted octanol–water partition coefficient (Wildman–Crippen LogP) is 2.98. The first-order chi connectivity index (χ1) is 18.8. The Bertz CT molecular complexity index is 1340. The number of nitrogens with one attached hydrogen (secondary N) is 2. The van der Waals surface area contributed by atoms with Crippen molar-refractivity contribution in [3.63, 3.8) is 0 Å². The average molecular weight is 559 g/mol. The molecular weight excluding hydrogens is 524 g/mol. The van der Waals surface area contributed by atoms with Crippen LogP contribution in [0.15, 0.2) is 65.6 Å². The van der Waals surface area contributed by atoms with Crippen molar-refractivity contribution in [2.24, 2.45) is 0 Å². The molecule has 10 nitrogen and oxygen atoms in total. The Morgan fingerprint density at radius 1 is 0.692 bits per heavy atom. The Morgan fingerprint density at radius 2 is 1.21 bits per heavy atom. The summed E-state index contributed by atoms with van der Waals surface area (Å²) in [6.45, 7) is 0.436. The van der Waals surface area contributed by atoms with Crippen LogP contribution in [0, 0.1) is 0 Å². The molecule has 3 aromatic rings. The molecule has 0 unspecified atom stereocenters. The van der Waals surface area contributed by atoms with Gasteiger partial charge in [0.2, 0.25) is 10.0 Å². The smallest absolute Gasteiger partial charge is 0.257 e. The van der Waals surface area contributed by atoms with E-state index in [1.165, 1.54) is 24.3 Å². The molecule has 1 amide bonds. The van der Waals surface area contributed by atoms with E-state index in [2.05, 4.69) is 10.0 Å². The third-order valence-corrected chi connectivity index (χ3v) is 7.32. The van der Waals surface area contributed by atoms with Crippen LogP contribution in [0.3, 0.4) is 0 Å². The molecule has 210 valence electrons. The first-order valence-corrected chi connectivity index (χ1v) is 13.7. The summed E-state index contributed by atoms with van der Waals surface area (Å²) in [7, 11) is 2.54. The molecule has 11 heteroatoms. The van der Waals surface area contributed by atoms with Gasteiger partial charge in [-0.05, 0) is 72.5 Å². The molecule has 2 N–H and O–H groups in total. The fourth-order valence-corrected chi connectivity index (χ4v) is 4.78. The largest absolute Gasteiger partial charge is 0.493 e. The zero-order valence-corrected chi connectivity index (χ0v) is 23.3. The monoisotopic (exact) mass is 558 g/mol. The zero-order chi connectivity index (χ0) is 28.3. The second-order valence-electron chi connectivity index (χ2n) is 8.39. The quantitative estimate of drug-likeness (QED) is 0.292. The molecule has 0 aliphatic rings. The number of ether oxygens (including phenoxy) is 5. The highest BCUT2D eigenvalue weighted by Crippen LogP contribution is 2.28. The van der Waals surface area contributed by atoms with E-state index in [4.69, 9.17) is 23.7 Å². The van der Waals surface area contributed by atoms with Gasteiger partial charge in [-0.25, -0.2) is 13.1 Å². The van der Waals surface area contributed by atoms with Gasteiger partial charge < -0.3 is 29.0 Å². The molecular formula is C28H34N2O8S. The molecule has 0 radical (unpaired) electrons. The molecule has 0 saturated heterocycles. The predicted molar refractivity (Wildman–Crippen MR) is 147 cm³/mol. The van der Waals surface area contributed by atoms with E-state index in [1.54, 1.807) is 34.5 Å². The van der Waals surface area contributed by atoms with Crippen LogP contribution in [0.2, 0.25) is 0 Å². The Labute approximate surface area is 229 Å². The van der Waals surface area contributed by atoms with Crippen LogP contribution in [0.25, 0.3) is 0 Å². The van der Waals surface area contributed by atoms with Gasteiger partial charge in [-0.2, -0.15) is 0 Å². The van der Waals surface area contributed by atoms with E-state index in [0.717, 1.165) is 11.1 Å². The van der Waals surface area contributed by atoms with Crippen LogP contribution < -0.4 is 33.7 Å². The molecule has 0 spiro atoms. The Morgan fingerprint density at radius 3 is 1.72 bits per heavy atom. The number of methoxy groups -OCH3 is 4. The fourth-order valence-electron chi connectivity index (χ4n) is 3.75. The minimum atomic E-state index is -3.71. The van der Waals surface area contributed by atoms with E-state index >= 15 is 0 Å². The number of hydrogen-bond donors (Lipinski definition) is 2. The van der Waals surface area contributed by atoms with E-state index in [9.17, 15) is 13.2 Å². The molecule has 0 aliphatic heterocycles. The number of carbonyl (C=O) groups is 1. The summed E-state index contributed by atoms with van der Waals surface area (Å²) in [4.78, 5) is 12.3. The molecule has 0 saturated carbocycles. The van der Waals surface area contributed by atoms with Gasteiger partial charge in [0.05, 0.1) is 33.3 Å². The summed E-state index contributed by atoms with van der Waals surface area (Å²) in [5.74, 6) is 2.56. The van der Waals surface area contributed by atoms with E-state index in [0.29, 0.717) is 48.1 Å². The van der Waals surface area contributed by atoms with Crippen LogP contribution in [0.1, 0.15) is 11.1 Å². The SMILES string of the molecule is COc1ccc(CCNC(=O)COc2ccc(S(=O)(=O)NCCc3ccc(OC)c(OC)c3)cc2)cc1OC. The van der Waals surface area contributed by atoms with E-state index in [-0.39, 0.29) is 24.0 Å². The number of rotatable bonds is 15. The summed E-state index contributed by atoms with van der Waals surface area (Å²) in [5, 5.41) is 2.80. The lowest BCUT2D eigenvalue weighted by atomic mass is 10.1. The summed E-state index contributed by atoms with van der Waals surface area (Å²) >= 11 is 0. The van der Waals surface area contributed by atoms with Crippen molar-refractivity contribution < 1.29 is 36.9 Å². The van der Waals surface area contributed by atoms with Crippen LogP contribution in [0.4, 0.5) is 0 Å². The number of benzene rings is 3. The van der Waals surface area contributed by atoms with Gasteiger partial charge in [-0.1, -0.05) is 12.1 Å². The summed E-state index contributed by atoms with van der Waals surface area (Å²) in [6.07, 6.45) is 1.08. The van der Waals surface area contributed by atoms with Gasteiger partial charge in [0.1, 0.15) is 5.75 Å². The maximum absolute atomic E-state index is 12.7. The van der Waals surface area contributed by atoms with E-state index in [1.807, 2.05) is 30.3 Å². The maximum atomic E-state index is 12.7. The molecule has 3 aromatic carbocycles. The first-order valence-electron chi connectivity index (χ1n) is 12.2. The van der Waals surface area contributed by atoms with Crippen molar-refractivity contribution in [3.05, 3.63) is 71.8 Å². The normalized spacial score (nSPS) is 11.0. The molecule has 0 heterocycles. The number of hydrogen-bond acceptors (Lipinski definition) is 8. The average Bonchev–Trinajstić information content (AvgIpc) is 2.96. The Hall–Kier alpha value is -3.96. The van der Waals surface area contributed by atoms with Crippen LogP contribution in [-0.2, 0) is 27.7 Å². The van der Waals surface area contributed by atoms with Gasteiger partial charge in [0.15, 0.2) is 29.6 Å². The number of amides is 1. The standard InChI is InChI=1S/C28H34N2O8S/c1-34-24-11-5-20(17-26(24)36-3)13-15-29-28(31)19-38-22-7-9-23(10-8-22)39(32,33)30-16-14-21-6-12-25(35-2)27(18-21)37-4/h5-12,17-18,30H,13-16,19H2,1-4H3,(H,29,31). The van der Waals surface area contributed by atoms with Gasteiger partial charge in [-0.15, -0.1) is 0 Å². The van der Waals surface area contributed by atoms with E-state index < -0.39 is 10.0 Å². The molecule has 0 atom stereocenters. The molecule has 39 heavy (non-hydrogen) atoms. The van der Waals surface area contributed by atoms with Crippen LogP contribution in [0.5, 0.6) is 28.7 Å². The minimum absolute atomic E-state index is 0.0986. The molecule has 0 aliphatic carbocycles. The molecule has 0 fully saturated rings. The zero-order valence-electron chi connectivity index (χ0n) is 22.5. The van der Waals surface area contributed by atoms with Gasteiger partial charge >= 0.3 is 0 Å².